The number of ether oxygens (including phenoxy) is 9. The quantitative estimate of drug-likeness (QED) is 0.0692. The molecule has 3 aliphatic carbocycles. The molecule has 6 rings (SSSR count). The molecule has 3 N–H and O–H groups in total. The highest BCUT2D eigenvalue weighted by atomic mass is 35.6. The normalized spacial score (nSPS) is 28.6. The van der Waals surface area contributed by atoms with Gasteiger partial charge in [0.15, 0.2) is 29.2 Å². The molecule has 2 bridgehead atoms. The van der Waals surface area contributed by atoms with Gasteiger partial charge in [0, 0.05) is 25.2 Å². The van der Waals surface area contributed by atoms with Crippen LogP contribution in [0.5, 0.6) is 0 Å². The van der Waals surface area contributed by atoms with Crippen LogP contribution in [-0.2, 0) is 57.0 Å². The molecule has 0 spiro atoms. The van der Waals surface area contributed by atoms with Crippen molar-refractivity contribution in [2.24, 2.45) is 16.7 Å². The number of hydrogen-bond acceptors (Lipinski definition) is 18. The third kappa shape index (κ3) is 12.9. The maximum absolute atomic E-state index is 16.3. The fourth-order valence-electron chi connectivity index (χ4n) is 10.4. The number of ketones is 1. The van der Waals surface area contributed by atoms with Crippen molar-refractivity contribution >= 4 is 112 Å². The van der Waals surface area contributed by atoms with Crippen molar-refractivity contribution < 1.29 is 99.6 Å². The third-order valence-electron chi connectivity index (χ3n) is 14.2. The minimum atomic E-state index is -3.18. The first-order valence-corrected chi connectivity index (χ1v) is 25.5. The Labute approximate surface area is 468 Å². The number of hydrogen-bond donors (Lipinski definition) is 3. The van der Waals surface area contributed by atoms with Crippen molar-refractivity contribution in [3.63, 3.8) is 0 Å². The van der Waals surface area contributed by atoms with Gasteiger partial charge in [-0.05, 0) is 62.6 Å². The maximum Gasteiger partial charge on any atom is 0.509 e. The van der Waals surface area contributed by atoms with Crippen LogP contribution < -0.4 is 5.32 Å². The predicted octanol–water partition coefficient (Wildman–Crippen LogP) is 8.71. The van der Waals surface area contributed by atoms with E-state index >= 15 is 4.79 Å². The van der Waals surface area contributed by atoms with E-state index in [2.05, 4.69) is 5.32 Å². The Bertz CT molecular complexity index is 2650. The minimum Gasteiger partial charge on any atom is -0.456 e. The Morgan fingerprint density at radius 2 is 1.47 bits per heavy atom. The lowest BCUT2D eigenvalue weighted by Gasteiger charge is -2.67. The first-order valence-electron chi connectivity index (χ1n) is 23.3. The van der Waals surface area contributed by atoms with Crippen LogP contribution in [0.1, 0.15) is 83.3 Å². The number of fused-ring (bicyclic) bond motifs is 5. The summed E-state index contributed by atoms with van der Waals surface area (Å²) in [6, 6.07) is 9.49. The lowest BCUT2D eigenvalue weighted by atomic mass is 9.44. The number of halogens is 9. The van der Waals surface area contributed by atoms with Gasteiger partial charge in [-0.1, -0.05) is 120 Å². The number of Topliss-reactive ketones (excluding diaryl/α,β-unsaturated/α-hetero) is 1. The van der Waals surface area contributed by atoms with E-state index in [9.17, 15) is 52.2 Å². The fraction of sp³-hybridized carbons (Fsp3) is 0.571. The number of benzene rings is 2. The van der Waals surface area contributed by atoms with E-state index in [1.807, 2.05) is 0 Å². The predicted molar refractivity (Wildman–Crippen MR) is 265 cm³/mol. The second-order valence-electron chi connectivity index (χ2n) is 20.0. The van der Waals surface area contributed by atoms with Crippen molar-refractivity contribution in [2.75, 3.05) is 19.8 Å². The van der Waals surface area contributed by atoms with Crippen LogP contribution in [0.25, 0.3) is 0 Å². The molecule has 11 atom stereocenters. The van der Waals surface area contributed by atoms with Gasteiger partial charge in [-0.3, -0.25) is 9.59 Å². The van der Waals surface area contributed by atoms with Gasteiger partial charge < -0.3 is 58.2 Å². The van der Waals surface area contributed by atoms with Gasteiger partial charge in [-0.15, -0.1) is 0 Å². The number of alkyl halides is 8. The van der Waals surface area contributed by atoms with Crippen molar-refractivity contribution in [3.05, 3.63) is 82.7 Å². The number of aliphatic hydroxyl groups is 2. The summed E-state index contributed by atoms with van der Waals surface area (Å²) >= 11 is 35.2. The monoisotopic (exact) mass is 1210 g/mol. The molecule has 0 aromatic heterocycles. The van der Waals surface area contributed by atoms with Gasteiger partial charge in [-0.25, -0.2) is 37.1 Å². The highest BCUT2D eigenvalue weighted by molar-refractivity contribution is 6.68. The zero-order valence-corrected chi connectivity index (χ0v) is 46.3. The zero-order chi connectivity index (χ0) is 57.6. The van der Waals surface area contributed by atoms with E-state index in [-0.39, 0.29) is 11.1 Å². The van der Waals surface area contributed by atoms with E-state index in [4.69, 9.17) is 112 Å². The lowest BCUT2D eigenvalue weighted by molar-refractivity contribution is -0.346. The summed E-state index contributed by atoms with van der Waals surface area (Å²) < 4.78 is 89.1. The molecule has 1 heterocycles. The number of carbonyl (C=O) groups excluding carboxylic acids is 7. The Hall–Kier alpha value is -4.52. The van der Waals surface area contributed by atoms with E-state index < -0.39 is 182 Å². The summed E-state index contributed by atoms with van der Waals surface area (Å²) in [6.07, 6.45) is -21.5. The molecule has 0 radical (unpaired) electrons. The largest absolute Gasteiger partial charge is 0.509 e. The molecular weight excluding hydrogens is 1160 g/mol. The summed E-state index contributed by atoms with van der Waals surface area (Å²) in [5.74, 6) is -8.11. The lowest BCUT2D eigenvalue weighted by Crippen LogP contribution is -2.82. The maximum atomic E-state index is 16.3. The second kappa shape index (κ2) is 22.9. The third-order valence-corrected chi connectivity index (χ3v) is 14.9. The molecule has 424 valence electrons. The van der Waals surface area contributed by atoms with Gasteiger partial charge >= 0.3 is 36.3 Å². The Morgan fingerprint density at radius 3 is 2.00 bits per heavy atom. The molecule has 28 heteroatoms. The first-order chi connectivity index (χ1) is 35.5. The standard InChI is InChI=1S/C49H52Cl6F3NO18/c1-22-27(72-38(64)32(61)31(24-12-9-8-10-13-24)59-40(65)77-44(5,6)39(57)58)18-47(68)36(75-37(63)25-14-11-15-26(56)16-25)34-45(7,35(62)33(30(22)43(47,3)4)74-42(67)71-21-49(53,54)55)28(73-41(66)70-20-48(50,51)52)17-29-46(34,19-69-29)76-23(2)60/h8-16,27-29,31-34,36,39,61,68H,17-21H2,1-7H3,(H,59,65)/t27-,28-,29+,31-,32+,33+,34-,36-,45+,46-,47+/m0/s1. The Kier molecular flexibility index (Phi) is 18.4. The number of carbonyl (C=O) groups is 7. The average Bonchev–Trinajstić information content (AvgIpc) is 3.31. The summed E-state index contributed by atoms with van der Waals surface area (Å²) in [5.41, 5.74) is -13.0. The summed E-state index contributed by atoms with van der Waals surface area (Å²) in [4.78, 5) is 99.3. The Morgan fingerprint density at radius 1 is 0.870 bits per heavy atom. The fourth-order valence-corrected chi connectivity index (χ4v) is 10.7. The molecule has 2 aromatic carbocycles. The molecule has 4 aliphatic rings. The van der Waals surface area contributed by atoms with Crippen molar-refractivity contribution in [1.29, 1.82) is 0 Å². The van der Waals surface area contributed by atoms with E-state index in [0.717, 1.165) is 52.0 Å². The molecular formula is C49H52Cl6F3NO18. The zero-order valence-electron chi connectivity index (χ0n) is 41.8. The first kappa shape index (κ1) is 61.7. The van der Waals surface area contributed by atoms with Crippen LogP contribution in [-0.4, -0.2) is 140 Å². The highest BCUT2D eigenvalue weighted by Gasteiger charge is 2.79. The van der Waals surface area contributed by atoms with Gasteiger partial charge in [0.25, 0.3) is 6.43 Å². The minimum absolute atomic E-state index is 0.0294. The van der Waals surface area contributed by atoms with Crippen LogP contribution in [0.3, 0.4) is 0 Å². The molecule has 1 amide bonds. The van der Waals surface area contributed by atoms with Crippen molar-refractivity contribution in [3.8, 4) is 0 Å². The summed E-state index contributed by atoms with van der Waals surface area (Å²) in [5, 5.41) is 28.0. The van der Waals surface area contributed by atoms with E-state index in [0.29, 0.717) is 0 Å². The number of alkyl carbamates (subject to hydrolysis) is 1. The summed E-state index contributed by atoms with van der Waals surface area (Å²) in [6.45, 7) is 5.41. The van der Waals surface area contributed by atoms with E-state index in [1.54, 1.807) is 6.07 Å². The number of amides is 1. The van der Waals surface area contributed by atoms with Gasteiger partial charge in [0.2, 0.25) is 7.59 Å². The van der Waals surface area contributed by atoms with Crippen LogP contribution in [0, 0.1) is 22.6 Å². The number of rotatable bonds is 14. The van der Waals surface area contributed by atoms with Gasteiger partial charge in [-0.2, -0.15) is 0 Å². The van der Waals surface area contributed by atoms with Crippen molar-refractivity contribution in [2.45, 2.75) is 135 Å². The Balaban J connectivity index is 1.61. The molecule has 3 fully saturated rings. The van der Waals surface area contributed by atoms with Crippen LogP contribution in [0.2, 0.25) is 0 Å². The molecule has 19 nitrogen and oxygen atoms in total. The molecule has 77 heavy (non-hydrogen) atoms. The van der Waals surface area contributed by atoms with Crippen LogP contribution in [0.15, 0.2) is 65.7 Å². The van der Waals surface area contributed by atoms with Gasteiger partial charge in [0.05, 0.1) is 29.5 Å². The topological polar surface area (TPSA) is 255 Å². The number of esters is 3. The second-order valence-corrected chi connectivity index (χ2v) is 25.0. The SMILES string of the molecule is CC(=O)O[C@@]12CO[C@@H]1C[C@H](OC(=O)OCC(Cl)(Cl)Cl)[C@@]1(C)C(=O)[C@H](OC(=O)OCC(Cl)(Cl)Cl)C3=C(C)[C@@H](OC(=O)[C@H](O)[C@@H](NC(=O)OC(C)(C)C(F)F)c4ccccc4)C[C@@](O)([C@@H](OC(=O)c4cccc(F)c4)[C@H]21)C3(C)C. The molecule has 2 aromatic rings. The van der Waals surface area contributed by atoms with Gasteiger partial charge in [0.1, 0.15) is 49.0 Å². The highest BCUT2D eigenvalue weighted by Crippen LogP contribution is 2.65. The van der Waals surface area contributed by atoms with Crippen molar-refractivity contribution in [1.82, 2.24) is 5.32 Å². The number of aliphatic hydroxyl groups excluding tert-OH is 1. The molecule has 0 unspecified atom stereocenters. The molecule has 2 saturated carbocycles. The average molecular weight is 1210 g/mol. The molecule has 1 aliphatic heterocycles. The number of nitrogens with one attached hydrogen (secondary N) is 1. The van der Waals surface area contributed by atoms with E-state index in [1.165, 1.54) is 45.0 Å². The molecule has 1 saturated heterocycles. The van der Waals surface area contributed by atoms with Crippen LogP contribution in [0.4, 0.5) is 27.6 Å². The summed E-state index contributed by atoms with van der Waals surface area (Å²) in [7, 11) is 0. The van der Waals surface area contributed by atoms with Crippen LogP contribution >= 0.6 is 69.6 Å². The smallest absolute Gasteiger partial charge is 0.456 e.